The number of hydrogen-bond donors (Lipinski definition) is 0. The fourth-order valence-corrected chi connectivity index (χ4v) is 4.83. The Morgan fingerprint density at radius 1 is 0.788 bits per heavy atom. The van der Waals surface area contributed by atoms with Crippen LogP contribution in [0.25, 0.3) is 33.8 Å². The number of aromatic nitrogens is 2. The molecule has 2 aromatic heterocycles. The number of nitrogens with zero attached hydrogens (tertiary/aromatic N) is 2. The monoisotopic (exact) mass is 433 g/mol. The molecule has 3 heterocycles. The third kappa shape index (κ3) is 3.35. The fourth-order valence-electron chi connectivity index (χ4n) is 4.83. The van der Waals surface area contributed by atoms with E-state index in [0.29, 0.717) is 0 Å². The summed E-state index contributed by atoms with van der Waals surface area (Å²) in [7, 11) is 1.73. The molecule has 0 radical (unpaired) electrons. The Bertz CT molecular complexity index is 1410. The van der Waals surface area contributed by atoms with Crippen LogP contribution in [0.4, 0.5) is 0 Å². The maximum atomic E-state index is 5.87. The molecule has 5 aromatic rings. The average Bonchev–Trinajstić information content (AvgIpc) is 3.45. The van der Waals surface area contributed by atoms with Crippen LogP contribution in [0.5, 0.6) is 5.75 Å². The molecule has 0 bridgehead atoms. The number of hydrogen-bond acceptors (Lipinski definition) is 2. The van der Waals surface area contributed by atoms with Gasteiger partial charge in [-0.15, -0.1) is 0 Å². The zero-order chi connectivity index (χ0) is 22.2. The molecule has 0 unspecified atom stereocenters. The van der Waals surface area contributed by atoms with Crippen molar-refractivity contribution in [1.82, 2.24) is 4.57 Å². The molecule has 1 aliphatic heterocycles. The number of para-hydroxylation sites is 2. The molecule has 33 heavy (non-hydrogen) atoms. The van der Waals surface area contributed by atoms with Gasteiger partial charge in [0.2, 0.25) is 0 Å². The van der Waals surface area contributed by atoms with E-state index in [9.17, 15) is 0 Å². The predicted octanol–water partition coefficient (Wildman–Crippen LogP) is 6.18. The van der Waals surface area contributed by atoms with Gasteiger partial charge in [0.05, 0.1) is 19.8 Å². The van der Waals surface area contributed by atoms with E-state index in [-0.39, 0.29) is 0 Å². The molecule has 3 aromatic carbocycles. The van der Waals surface area contributed by atoms with Crippen LogP contribution >= 0.6 is 0 Å². The van der Waals surface area contributed by atoms with Crippen LogP contribution in [0.3, 0.4) is 0 Å². The highest BCUT2D eigenvalue weighted by Gasteiger charge is 2.32. The van der Waals surface area contributed by atoms with Crippen molar-refractivity contribution in [3.63, 3.8) is 0 Å². The Morgan fingerprint density at radius 2 is 1.52 bits per heavy atom. The first-order chi connectivity index (χ1) is 16.3. The summed E-state index contributed by atoms with van der Waals surface area (Å²) in [6.45, 7) is 0. The fraction of sp³-hybridized carbons (Fsp3) is 0.138. The smallest absolute Gasteiger partial charge is 0.267 e. The summed E-state index contributed by atoms with van der Waals surface area (Å²) in [5, 5.41) is 0. The third-order valence-electron chi connectivity index (χ3n) is 6.43. The van der Waals surface area contributed by atoms with Gasteiger partial charge in [0.1, 0.15) is 6.20 Å². The van der Waals surface area contributed by atoms with Crippen LogP contribution < -0.4 is 9.30 Å². The van der Waals surface area contributed by atoms with Crippen molar-refractivity contribution in [2.24, 2.45) is 0 Å². The lowest BCUT2D eigenvalue weighted by Gasteiger charge is -2.06. The van der Waals surface area contributed by atoms with Gasteiger partial charge in [-0.05, 0) is 41.8 Å². The van der Waals surface area contributed by atoms with E-state index in [1.165, 1.54) is 22.5 Å². The lowest BCUT2D eigenvalue weighted by atomic mass is 10.0. The standard InChI is InChI=1S/C29H25N2O2/c1-32-27-11-6-5-10-24(27)30-20-26(31-25-18-19-33-28(25)12-7-13-29(30)31)23-16-14-22(15-17-23)21-8-3-2-4-9-21/h2-6,8-11,14-20H,7,12-13H2,1H3/q+1. The molecule has 0 atom stereocenters. The van der Waals surface area contributed by atoms with Crippen molar-refractivity contribution in [2.45, 2.75) is 19.3 Å². The highest BCUT2D eigenvalue weighted by molar-refractivity contribution is 5.70. The lowest BCUT2D eigenvalue weighted by Crippen LogP contribution is -2.34. The Kier molecular flexibility index (Phi) is 4.84. The highest BCUT2D eigenvalue weighted by Crippen LogP contribution is 2.33. The first kappa shape index (κ1) is 19.6. The summed E-state index contributed by atoms with van der Waals surface area (Å²) in [5.74, 6) is 3.12. The minimum absolute atomic E-state index is 0.860. The van der Waals surface area contributed by atoms with Crippen molar-refractivity contribution in [3.8, 4) is 39.5 Å². The van der Waals surface area contributed by atoms with Gasteiger partial charge in [-0.3, -0.25) is 0 Å². The first-order valence-corrected chi connectivity index (χ1v) is 11.4. The quantitative estimate of drug-likeness (QED) is 0.317. The van der Waals surface area contributed by atoms with Crippen molar-refractivity contribution in [1.29, 1.82) is 0 Å². The lowest BCUT2D eigenvalue weighted by molar-refractivity contribution is -0.603. The zero-order valence-electron chi connectivity index (χ0n) is 18.6. The molecular formula is C29H25N2O2+. The van der Waals surface area contributed by atoms with Gasteiger partial charge in [-0.25, -0.2) is 0 Å². The van der Waals surface area contributed by atoms with E-state index < -0.39 is 0 Å². The number of rotatable bonds is 4. The molecule has 0 aliphatic carbocycles. The van der Waals surface area contributed by atoms with Gasteiger partial charge in [0.25, 0.3) is 5.82 Å². The zero-order valence-corrected chi connectivity index (χ0v) is 18.6. The maximum Gasteiger partial charge on any atom is 0.267 e. The second kappa shape index (κ2) is 8.14. The Labute approximate surface area is 193 Å². The number of ether oxygens (including phenoxy) is 1. The van der Waals surface area contributed by atoms with E-state index in [1.54, 1.807) is 13.4 Å². The third-order valence-corrected chi connectivity index (χ3v) is 6.43. The van der Waals surface area contributed by atoms with Gasteiger partial charge >= 0.3 is 0 Å². The second-order valence-corrected chi connectivity index (χ2v) is 8.33. The second-order valence-electron chi connectivity index (χ2n) is 8.33. The molecule has 0 N–H and O–H groups in total. The van der Waals surface area contributed by atoms with Crippen LogP contribution in [0.15, 0.2) is 102 Å². The van der Waals surface area contributed by atoms with E-state index in [4.69, 9.17) is 9.15 Å². The molecule has 0 amide bonds. The average molecular weight is 434 g/mol. The number of furan rings is 1. The highest BCUT2D eigenvalue weighted by atomic mass is 16.5. The largest absolute Gasteiger partial charge is 0.492 e. The topological polar surface area (TPSA) is 31.2 Å². The van der Waals surface area contributed by atoms with Gasteiger partial charge in [0, 0.05) is 18.1 Å². The molecule has 0 fully saturated rings. The maximum absolute atomic E-state index is 5.87. The molecule has 1 aliphatic rings. The van der Waals surface area contributed by atoms with Gasteiger partial charge in [-0.1, -0.05) is 54.6 Å². The Hall–Kier alpha value is -4.05. The normalized spacial score (nSPS) is 12.6. The minimum atomic E-state index is 0.860. The van der Waals surface area contributed by atoms with E-state index in [2.05, 4.69) is 82.1 Å². The molecule has 0 saturated heterocycles. The first-order valence-electron chi connectivity index (χ1n) is 11.4. The summed E-state index contributed by atoms with van der Waals surface area (Å²) >= 11 is 0. The minimum Gasteiger partial charge on any atom is -0.492 e. The summed E-state index contributed by atoms with van der Waals surface area (Å²) in [6, 6.07) is 29.6. The van der Waals surface area contributed by atoms with Gasteiger partial charge < -0.3 is 9.15 Å². The van der Waals surface area contributed by atoms with E-state index >= 15 is 0 Å². The van der Waals surface area contributed by atoms with Crippen molar-refractivity contribution in [2.75, 3.05) is 7.11 Å². The molecule has 0 spiro atoms. The summed E-state index contributed by atoms with van der Waals surface area (Å²) in [4.78, 5) is 0. The number of benzene rings is 3. The summed E-state index contributed by atoms with van der Waals surface area (Å²) < 4.78 is 16.2. The SMILES string of the molecule is COc1ccccc1-[n+]1cc(-c2ccc(-c3ccccc3)cc2)n2c1CCCc1occc1-2. The van der Waals surface area contributed by atoms with Gasteiger partial charge in [0.15, 0.2) is 28.6 Å². The summed E-state index contributed by atoms with van der Waals surface area (Å²) in [5.41, 5.74) is 6.91. The van der Waals surface area contributed by atoms with E-state index in [0.717, 1.165) is 47.8 Å². The van der Waals surface area contributed by atoms with Crippen LogP contribution in [-0.4, -0.2) is 11.7 Å². The van der Waals surface area contributed by atoms with Crippen LogP contribution in [0.1, 0.15) is 18.0 Å². The Morgan fingerprint density at radius 3 is 2.33 bits per heavy atom. The predicted molar refractivity (Wildman–Crippen MR) is 129 cm³/mol. The number of imidazole rings is 1. The number of fused-ring (bicyclic) bond motifs is 3. The van der Waals surface area contributed by atoms with E-state index in [1.807, 2.05) is 18.2 Å². The number of aryl methyl sites for hydroxylation is 1. The molecule has 162 valence electrons. The molecule has 6 rings (SSSR count). The summed E-state index contributed by atoms with van der Waals surface area (Å²) in [6.07, 6.45) is 6.95. The van der Waals surface area contributed by atoms with Crippen molar-refractivity contribution >= 4 is 0 Å². The van der Waals surface area contributed by atoms with Crippen molar-refractivity contribution < 1.29 is 13.7 Å². The van der Waals surface area contributed by atoms with Crippen LogP contribution in [0.2, 0.25) is 0 Å². The number of methoxy groups -OCH3 is 1. The van der Waals surface area contributed by atoms with Crippen molar-refractivity contribution in [3.05, 3.63) is 109 Å². The molecular weight excluding hydrogens is 408 g/mol. The van der Waals surface area contributed by atoms with Gasteiger partial charge in [-0.2, -0.15) is 9.13 Å². The Balaban J connectivity index is 1.55. The molecule has 0 saturated carbocycles. The van der Waals surface area contributed by atoms with Crippen LogP contribution in [0, 0.1) is 0 Å². The molecule has 4 nitrogen and oxygen atoms in total. The van der Waals surface area contributed by atoms with Crippen LogP contribution in [-0.2, 0) is 12.8 Å². The molecule has 4 heteroatoms.